The lowest BCUT2D eigenvalue weighted by Crippen LogP contribution is -2.46. The van der Waals surface area contributed by atoms with Crippen molar-refractivity contribution < 1.29 is 24.2 Å². The number of nitrogens with two attached hydrogens (primary N) is 2. The highest BCUT2D eigenvalue weighted by Crippen LogP contribution is 2.31. The average molecular weight is 574 g/mol. The van der Waals surface area contributed by atoms with E-state index in [-0.39, 0.29) is 23.3 Å². The minimum atomic E-state index is -0.833. The Morgan fingerprint density at radius 3 is 2.44 bits per heavy atom. The van der Waals surface area contributed by atoms with Crippen molar-refractivity contribution in [2.45, 2.75) is 92.0 Å². The van der Waals surface area contributed by atoms with E-state index in [9.17, 15) is 4.79 Å². The summed E-state index contributed by atoms with van der Waals surface area (Å²) in [6.07, 6.45) is 3.74. The molecule has 1 aliphatic rings. The predicted octanol–water partition coefficient (Wildman–Crippen LogP) is 4.68. The van der Waals surface area contributed by atoms with Crippen molar-refractivity contribution in [3.05, 3.63) is 35.4 Å². The van der Waals surface area contributed by atoms with Crippen LogP contribution >= 0.6 is 0 Å². The van der Waals surface area contributed by atoms with Gasteiger partial charge >= 0.3 is 12.1 Å². The van der Waals surface area contributed by atoms with Gasteiger partial charge < -0.3 is 26.0 Å². The van der Waals surface area contributed by atoms with Crippen LogP contribution in [0.5, 0.6) is 6.01 Å². The fraction of sp³-hybridized carbons (Fsp3) is 0.586. The van der Waals surface area contributed by atoms with Gasteiger partial charge in [0.15, 0.2) is 11.6 Å². The fourth-order valence-corrected chi connectivity index (χ4v) is 4.23. The number of benzene rings is 1. The Balaban J connectivity index is 0.00000138. The van der Waals surface area contributed by atoms with E-state index in [0.29, 0.717) is 19.2 Å². The quantitative estimate of drug-likeness (QED) is 0.267. The van der Waals surface area contributed by atoms with Gasteiger partial charge in [-0.3, -0.25) is 14.7 Å². The number of aliphatic carboxylic acids is 1. The van der Waals surface area contributed by atoms with E-state index in [2.05, 4.69) is 40.8 Å². The van der Waals surface area contributed by atoms with E-state index in [0.717, 1.165) is 38.4 Å². The molecule has 1 saturated heterocycles. The van der Waals surface area contributed by atoms with Gasteiger partial charge in [-0.2, -0.15) is 9.97 Å². The summed E-state index contributed by atoms with van der Waals surface area (Å²) in [7, 11) is 1.62. The number of hydrazine groups is 1. The number of nitrogens with zero attached hydrogens (tertiary/aromatic N) is 5. The largest absolute Gasteiger partial charge is 0.481 e. The maximum Gasteiger partial charge on any atom is 0.429 e. The second-order valence-corrected chi connectivity index (χ2v) is 11.2. The SMILES string of the molecule is CC(=O)O.CCCCOc1nc(N)c(N)c(N(Cc2cccc(CN3CCCC3C)c2)N(C)C(=O)OC(C)(C)C)n1. The van der Waals surface area contributed by atoms with Crippen LogP contribution in [0, 0.1) is 0 Å². The summed E-state index contributed by atoms with van der Waals surface area (Å²) in [4.78, 5) is 33.3. The first-order valence-electron chi connectivity index (χ1n) is 14.0. The standard InChI is InChI=1S/C27H43N7O3.C2H4O2/c1-7-8-15-36-25-30-23(29)22(28)24(31-25)34(32(6)26(35)37-27(3,4)5)18-21-13-9-12-20(16-21)17-33-14-10-11-19(33)2;1-2(3)4/h9,12-13,16,19H,7-8,10-11,14-15,17-18,28H2,1-6H3,(H2,29,30,31);1H3,(H,3,4). The van der Waals surface area contributed by atoms with Gasteiger partial charge in [-0.15, -0.1) is 0 Å². The third-order valence-corrected chi connectivity index (χ3v) is 6.33. The van der Waals surface area contributed by atoms with Gasteiger partial charge in [0.25, 0.3) is 5.97 Å². The molecule has 1 unspecified atom stereocenters. The molecule has 0 radical (unpaired) electrons. The highest BCUT2D eigenvalue weighted by molar-refractivity contribution is 5.77. The molecule has 0 saturated carbocycles. The number of unbranched alkanes of at least 4 members (excludes halogenated alkanes) is 1. The number of carboxylic acid groups (broad SMARTS) is 1. The molecule has 0 spiro atoms. The molecule has 1 fully saturated rings. The zero-order valence-corrected chi connectivity index (χ0v) is 25.5. The van der Waals surface area contributed by atoms with Crippen LogP contribution in [0.25, 0.3) is 0 Å². The van der Waals surface area contributed by atoms with Crippen molar-refractivity contribution in [2.24, 2.45) is 0 Å². The summed E-state index contributed by atoms with van der Waals surface area (Å²) in [5, 5.41) is 10.4. The highest BCUT2D eigenvalue weighted by atomic mass is 16.6. The Morgan fingerprint density at radius 2 is 1.85 bits per heavy atom. The molecule has 2 aromatic rings. The molecule has 1 aromatic carbocycles. The molecule has 1 atom stereocenters. The van der Waals surface area contributed by atoms with E-state index in [1.54, 1.807) is 12.1 Å². The van der Waals surface area contributed by atoms with Crippen LogP contribution in [0.15, 0.2) is 24.3 Å². The third kappa shape index (κ3) is 10.9. The van der Waals surface area contributed by atoms with Crippen LogP contribution in [0.1, 0.15) is 78.4 Å². The molecule has 0 bridgehead atoms. The Kier molecular flexibility index (Phi) is 12.4. The molecule has 2 heterocycles. The molecular formula is C29H47N7O5. The van der Waals surface area contributed by atoms with Gasteiger partial charge in [-0.05, 0) is 64.6 Å². The Bertz CT molecular complexity index is 1150. The number of ether oxygens (including phenoxy) is 2. The first kappa shape index (κ1) is 33.4. The summed E-state index contributed by atoms with van der Waals surface area (Å²) in [6, 6.07) is 9.04. The molecule has 1 amide bonds. The second-order valence-electron chi connectivity index (χ2n) is 11.2. The lowest BCUT2D eigenvalue weighted by Gasteiger charge is -2.35. The lowest BCUT2D eigenvalue weighted by atomic mass is 10.1. The van der Waals surface area contributed by atoms with Crippen molar-refractivity contribution in [3.8, 4) is 6.01 Å². The molecule has 1 aromatic heterocycles. The van der Waals surface area contributed by atoms with Crippen LogP contribution < -0.4 is 21.2 Å². The number of amides is 1. The summed E-state index contributed by atoms with van der Waals surface area (Å²) in [5.74, 6) is -0.457. The van der Waals surface area contributed by atoms with Gasteiger partial charge in [-0.1, -0.05) is 37.6 Å². The number of anilines is 3. The number of nitrogen functional groups attached to an aromatic ring is 2. The summed E-state index contributed by atoms with van der Waals surface area (Å²) < 4.78 is 11.4. The number of carbonyl (C=O) groups is 2. The molecule has 12 heteroatoms. The summed E-state index contributed by atoms with van der Waals surface area (Å²) in [6.45, 7) is 13.7. The Hall–Kier alpha value is -3.80. The smallest absolute Gasteiger partial charge is 0.429 e. The number of carbonyl (C=O) groups excluding carboxylic acids is 1. The predicted molar refractivity (Wildman–Crippen MR) is 160 cm³/mol. The summed E-state index contributed by atoms with van der Waals surface area (Å²) >= 11 is 0. The maximum atomic E-state index is 13.1. The van der Waals surface area contributed by atoms with E-state index in [1.807, 2.05) is 32.9 Å². The van der Waals surface area contributed by atoms with E-state index < -0.39 is 17.7 Å². The maximum absolute atomic E-state index is 13.1. The molecule has 3 rings (SSSR count). The van der Waals surface area contributed by atoms with Crippen molar-refractivity contribution in [3.63, 3.8) is 0 Å². The average Bonchev–Trinajstić information content (AvgIpc) is 3.27. The topological polar surface area (TPSA) is 160 Å². The molecule has 5 N–H and O–H groups in total. The van der Waals surface area contributed by atoms with Crippen molar-refractivity contribution in [2.75, 3.05) is 36.7 Å². The van der Waals surface area contributed by atoms with Crippen LogP contribution in [-0.2, 0) is 22.6 Å². The van der Waals surface area contributed by atoms with Gasteiger partial charge in [0.05, 0.1) is 13.2 Å². The number of hydrogen-bond acceptors (Lipinski definition) is 10. The number of hydrogen-bond donors (Lipinski definition) is 3. The number of carboxylic acids is 1. The Labute approximate surface area is 243 Å². The van der Waals surface area contributed by atoms with Gasteiger partial charge in [0, 0.05) is 26.6 Å². The van der Waals surface area contributed by atoms with Gasteiger partial charge in [-0.25, -0.2) is 9.80 Å². The van der Waals surface area contributed by atoms with Gasteiger partial charge in [0.1, 0.15) is 11.3 Å². The van der Waals surface area contributed by atoms with Crippen molar-refractivity contribution in [1.29, 1.82) is 0 Å². The zero-order chi connectivity index (χ0) is 30.7. The molecule has 228 valence electrons. The number of aromatic nitrogens is 2. The lowest BCUT2D eigenvalue weighted by molar-refractivity contribution is -0.134. The first-order valence-corrected chi connectivity index (χ1v) is 14.0. The minimum Gasteiger partial charge on any atom is -0.481 e. The van der Waals surface area contributed by atoms with E-state index >= 15 is 0 Å². The molecule has 12 nitrogen and oxygen atoms in total. The molecule has 41 heavy (non-hydrogen) atoms. The van der Waals surface area contributed by atoms with Crippen LogP contribution in [-0.4, -0.2) is 68.9 Å². The first-order chi connectivity index (χ1) is 19.2. The normalized spacial score (nSPS) is 15.0. The third-order valence-electron chi connectivity index (χ3n) is 6.33. The minimum absolute atomic E-state index is 0.0934. The molecule has 0 aliphatic carbocycles. The molecular weight excluding hydrogens is 526 g/mol. The molecule has 1 aliphatic heterocycles. The highest BCUT2D eigenvalue weighted by Gasteiger charge is 2.28. The zero-order valence-electron chi connectivity index (χ0n) is 25.5. The van der Waals surface area contributed by atoms with Crippen LogP contribution in [0.3, 0.4) is 0 Å². The van der Waals surface area contributed by atoms with Crippen molar-refractivity contribution >= 4 is 29.4 Å². The van der Waals surface area contributed by atoms with Crippen LogP contribution in [0.4, 0.5) is 22.1 Å². The van der Waals surface area contributed by atoms with Crippen LogP contribution in [0.2, 0.25) is 0 Å². The number of likely N-dealkylation sites (tertiary alicyclic amines) is 1. The number of rotatable bonds is 10. The second kappa shape index (κ2) is 15.3. The van der Waals surface area contributed by atoms with E-state index in [4.69, 9.17) is 30.8 Å². The monoisotopic (exact) mass is 573 g/mol. The summed E-state index contributed by atoms with van der Waals surface area (Å²) in [5.41, 5.74) is 14.2. The fourth-order valence-electron chi connectivity index (χ4n) is 4.23. The van der Waals surface area contributed by atoms with E-state index in [1.165, 1.54) is 23.4 Å². The van der Waals surface area contributed by atoms with Crippen molar-refractivity contribution in [1.82, 2.24) is 19.9 Å². The van der Waals surface area contributed by atoms with Gasteiger partial charge in [0.2, 0.25) is 0 Å². The Morgan fingerprint density at radius 1 is 1.20 bits per heavy atom.